The number of nitrogens with zero attached hydrogens (tertiary/aromatic N) is 4. The molecule has 1 aromatic carbocycles. The van der Waals surface area contributed by atoms with Gasteiger partial charge < -0.3 is 14.7 Å². The third-order valence-corrected chi connectivity index (χ3v) is 3.92. The lowest BCUT2D eigenvalue weighted by molar-refractivity contribution is 0.0185. The standard InChI is InChI=1S/C16H22N4O3/c1-16(2,3)23-15(22)19-8-6-11(7-9-19)20-14-10-12(21)4-5-13(14)17-18-20/h4-5,10-11,21H,6-9H2,1-3H3. The predicted molar refractivity (Wildman–Crippen MR) is 85.3 cm³/mol. The fourth-order valence-corrected chi connectivity index (χ4v) is 2.81. The van der Waals surface area contributed by atoms with Gasteiger partial charge in [-0.25, -0.2) is 9.48 Å². The maximum absolute atomic E-state index is 12.1. The summed E-state index contributed by atoms with van der Waals surface area (Å²) in [4.78, 5) is 13.8. The molecule has 0 saturated carbocycles. The molecule has 0 radical (unpaired) electrons. The lowest BCUT2D eigenvalue weighted by Gasteiger charge is -2.33. The molecule has 0 bridgehead atoms. The number of phenols is 1. The third-order valence-electron chi connectivity index (χ3n) is 3.92. The smallest absolute Gasteiger partial charge is 0.410 e. The Morgan fingerprint density at radius 2 is 2.00 bits per heavy atom. The lowest BCUT2D eigenvalue weighted by Crippen LogP contribution is -2.42. The quantitative estimate of drug-likeness (QED) is 0.874. The molecule has 7 nitrogen and oxygen atoms in total. The number of fused-ring (bicyclic) bond motifs is 1. The number of phenolic OH excluding ortho intramolecular Hbond substituents is 1. The number of carbonyl (C=O) groups is 1. The van der Waals surface area contributed by atoms with E-state index in [9.17, 15) is 9.90 Å². The minimum Gasteiger partial charge on any atom is -0.508 e. The molecule has 1 aliphatic rings. The molecule has 1 aliphatic heterocycles. The highest BCUT2D eigenvalue weighted by Gasteiger charge is 2.28. The van der Waals surface area contributed by atoms with Gasteiger partial charge in [-0.05, 0) is 45.7 Å². The van der Waals surface area contributed by atoms with Crippen molar-refractivity contribution in [2.24, 2.45) is 0 Å². The van der Waals surface area contributed by atoms with Crippen molar-refractivity contribution in [3.05, 3.63) is 18.2 Å². The normalized spacial score (nSPS) is 16.7. The fraction of sp³-hybridized carbons (Fsp3) is 0.562. The van der Waals surface area contributed by atoms with E-state index in [1.807, 2.05) is 25.5 Å². The zero-order valence-electron chi connectivity index (χ0n) is 13.7. The van der Waals surface area contributed by atoms with Gasteiger partial charge in [0.2, 0.25) is 0 Å². The first-order valence-electron chi connectivity index (χ1n) is 7.85. The maximum Gasteiger partial charge on any atom is 0.410 e. The number of carbonyl (C=O) groups excluding carboxylic acids is 1. The van der Waals surface area contributed by atoms with Gasteiger partial charge in [0.15, 0.2) is 0 Å². The van der Waals surface area contributed by atoms with Crippen LogP contribution in [0, 0.1) is 0 Å². The van der Waals surface area contributed by atoms with Gasteiger partial charge in [-0.3, -0.25) is 0 Å². The van der Waals surface area contributed by atoms with Crippen molar-refractivity contribution in [2.75, 3.05) is 13.1 Å². The summed E-state index contributed by atoms with van der Waals surface area (Å²) in [5.41, 5.74) is 1.10. The van der Waals surface area contributed by atoms with E-state index >= 15 is 0 Å². The summed E-state index contributed by atoms with van der Waals surface area (Å²) in [5.74, 6) is 0.201. The van der Waals surface area contributed by atoms with Gasteiger partial charge in [0.1, 0.15) is 16.9 Å². The number of likely N-dealkylation sites (tertiary alicyclic amines) is 1. The van der Waals surface area contributed by atoms with Crippen molar-refractivity contribution < 1.29 is 14.6 Å². The van der Waals surface area contributed by atoms with E-state index in [0.29, 0.717) is 13.1 Å². The topological polar surface area (TPSA) is 80.5 Å². The van der Waals surface area contributed by atoms with E-state index in [0.717, 1.165) is 23.9 Å². The number of aromatic nitrogens is 3. The number of hydrogen-bond donors (Lipinski definition) is 1. The second-order valence-electron chi connectivity index (χ2n) is 6.91. The Bertz CT molecular complexity index is 712. The second-order valence-corrected chi connectivity index (χ2v) is 6.91. The van der Waals surface area contributed by atoms with E-state index in [1.54, 1.807) is 23.1 Å². The van der Waals surface area contributed by atoms with E-state index in [-0.39, 0.29) is 17.9 Å². The minimum absolute atomic E-state index is 0.167. The predicted octanol–water partition coefficient (Wildman–Crippen LogP) is 2.71. The SMILES string of the molecule is CC(C)(C)OC(=O)N1CCC(n2nnc3ccc(O)cc32)CC1. The van der Waals surface area contributed by atoms with Crippen molar-refractivity contribution >= 4 is 17.1 Å². The van der Waals surface area contributed by atoms with Crippen molar-refractivity contribution in [3.8, 4) is 5.75 Å². The van der Waals surface area contributed by atoms with Crippen LogP contribution in [-0.4, -0.2) is 49.8 Å². The van der Waals surface area contributed by atoms with Gasteiger partial charge in [0.25, 0.3) is 0 Å². The molecule has 2 aromatic rings. The van der Waals surface area contributed by atoms with Gasteiger partial charge in [-0.15, -0.1) is 5.10 Å². The Balaban J connectivity index is 1.69. The van der Waals surface area contributed by atoms with Crippen LogP contribution in [0.4, 0.5) is 4.79 Å². The molecule has 3 rings (SSSR count). The number of rotatable bonds is 1. The first-order chi connectivity index (χ1) is 10.8. The molecule has 124 valence electrons. The van der Waals surface area contributed by atoms with E-state index in [4.69, 9.17) is 4.74 Å². The number of aromatic hydroxyl groups is 1. The van der Waals surface area contributed by atoms with Crippen LogP contribution in [0.5, 0.6) is 5.75 Å². The van der Waals surface area contributed by atoms with Crippen LogP contribution >= 0.6 is 0 Å². The van der Waals surface area contributed by atoms with E-state index in [2.05, 4.69) is 10.3 Å². The van der Waals surface area contributed by atoms with Crippen molar-refractivity contribution in [1.29, 1.82) is 0 Å². The van der Waals surface area contributed by atoms with Gasteiger partial charge in [0, 0.05) is 19.2 Å². The van der Waals surface area contributed by atoms with Crippen LogP contribution in [0.25, 0.3) is 11.0 Å². The molecule has 2 heterocycles. The molecule has 0 atom stereocenters. The summed E-state index contributed by atoms with van der Waals surface area (Å²) >= 11 is 0. The van der Waals surface area contributed by atoms with Crippen LogP contribution in [0.3, 0.4) is 0 Å². The Morgan fingerprint density at radius 1 is 1.30 bits per heavy atom. The number of ether oxygens (including phenoxy) is 1. The summed E-state index contributed by atoms with van der Waals surface area (Å²) in [6.45, 7) is 6.85. The molecule has 1 aromatic heterocycles. The monoisotopic (exact) mass is 318 g/mol. The van der Waals surface area contributed by atoms with Crippen LogP contribution in [0.15, 0.2) is 18.2 Å². The highest BCUT2D eigenvalue weighted by Crippen LogP contribution is 2.27. The molecule has 0 unspecified atom stereocenters. The first-order valence-corrected chi connectivity index (χ1v) is 7.85. The van der Waals surface area contributed by atoms with E-state index in [1.165, 1.54) is 0 Å². The van der Waals surface area contributed by atoms with Gasteiger partial charge >= 0.3 is 6.09 Å². The first kappa shape index (κ1) is 15.6. The number of benzene rings is 1. The van der Waals surface area contributed by atoms with Crippen molar-refractivity contribution in [3.63, 3.8) is 0 Å². The molecule has 0 aliphatic carbocycles. The summed E-state index contributed by atoms with van der Waals surface area (Å²) in [6, 6.07) is 5.20. The molecule has 0 spiro atoms. The summed E-state index contributed by atoms with van der Waals surface area (Å²) in [5, 5.41) is 18.0. The molecule has 23 heavy (non-hydrogen) atoms. The summed E-state index contributed by atoms with van der Waals surface area (Å²) < 4.78 is 7.26. The molecular weight excluding hydrogens is 296 g/mol. The lowest BCUT2D eigenvalue weighted by atomic mass is 10.1. The minimum atomic E-state index is -0.479. The van der Waals surface area contributed by atoms with Crippen LogP contribution in [0.2, 0.25) is 0 Å². The molecule has 1 fully saturated rings. The number of piperidine rings is 1. The Hall–Kier alpha value is -2.31. The Labute approximate surface area is 134 Å². The highest BCUT2D eigenvalue weighted by molar-refractivity contribution is 5.76. The fourth-order valence-electron chi connectivity index (χ4n) is 2.81. The summed E-state index contributed by atoms with van der Waals surface area (Å²) in [7, 11) is 0. The summed E-state index contributed by atoms with van der Waals surface area (Å²) in [6.07, 6.45) is 1.30. The zero-order chi connectivity index (χ0) is 16.6. The molecule has 7 heteroatoms. The zero-order valence-corrected chi connectivity index (χ0v) is 13.7. The van der Waals surface area contributed by atoms with Crippen molar-refractivity contribution in [2.45, 2.75) is 45.3 Å². The number of amides is 1. The van der Waals surface area contributed by atoms with Gasteiger partial charge in [-0.1, -0.05) is 5.21 Å². The Morgan fingerprint density at radius 3 is 2.65 bits per heavy atom. The van der Waals surface area contributed by atoms with Crippen LogP contribution < -0.4 is 0 Å². The maximum atomic E-state index is 12.1. The highest BCUT2D eigenvalue weighted by atomic mass is 16.6. The van der Waals surface area contributed by atoms with Crippen LogP contribution in [-0.2, 0) is 4.74 Å². The average Bonchev–Trinajstić information content (AvgIpc) is 2.88. The molecular formula is C16H22N4O3. The third kappa shape index (κ3) is 3.38. The van der Waals surface area contributed by atoms with Gasteiger partial charge in [-0.2, -0.15) is 0 Å². The van der Waals surface area contributed by atoms with E-state index < -0.39 is 5.60 Å². The largest absolute Gasteiger partial charge is 0.508 e. The Kier molecular flexibility index (Phi) is 3.87. The molecule has 1 saturated heterocycles. The molecule has 1 amide bonds. The second kappa shape index (κ2) is 5.72. The average molecular weight is 318 g/mol. The van der Waals surface area contributed by atoms with Crippen LogP contribution in [0.1, 0.15) is 39.7 Å². The number of hydrogen-bond acceptors (Lipinski definition) is 5. The van der Waals surface area contributed by atoms with Gasteiger partial charge in [0.05, 0.1) is 11.6 Å². The molecule has 1 N–H and O–H groups in total. The van der Waals surface area contributed by atoms with Crippen molar-refractivity contribution in [1.82, 2.24) is 19.9 Å².